The van der Waals surface area contributed by atoms with E-state index in [1.165, 1.54) is 12.1 Å². The van der Waals surface area contributed by atoms with E-state index in [0.717, 1.165) is 25.2 Å². The number of hydrogen-bond acceptors (Lipinski definition) is 2. The Morgan fingerprint density at radius 1 is 1.23 bits per heavy atom. The molecule has 0 fully saturated rings. The normalized spacial score (nSPS) is 11.2. The fourth-order valence-corrected chi connectivity index (χ4v) is 1.97. The Bertz CT molecular complexity index is 289. The summed E-state index contributed by atoms with van der Waals surface area (Å²) < 4.78 is 40.8. The van der Waals surface area contributed by atoms with E-state index >= 15 is 0 Å². The summed E-state index contributed by atoms with van der Waals surface area (Å²) in [5, 5.41) is 0. The molecule has 1 aromatic carbocycles. The van der Waals surface area contributed by atoms with Gasteiger partial charge >= 0.3 is 93.3 Å². The molecule has 0 aliphatic rings. The monoisotopic (exact) mass is 283 g/mol. The van der Waals surface area contributed by atoms with E-state index in [2.05, 4.69) is 0 Å². The average Bonchev–Trinajstić information content (AvgIpc) is 2.02. The van der Waals surface area contributed by atoms with E-state index in [1.807, 2.05) is 0 Å². The topological polar surface area (TPSA) is 9.23 Å². The summed E-state index contributed by atoms with van der Waals surface area (Å²) >= 11 is 0.564. The van der Waals surface area contributed by atoms with E-state index in [9.17, 15) is 13.2 Å². The van der Waals surface area contributed by atoms with Crippen LogP contribution in [-0.2, 0) is 25.2 Å². The van der Waals surface area contributed by atoms with Gasteiger partial charge in [0.25, 0.3) is 0 Å². The second kappa shape index (κ2) is 4.51. The summed E-state index contributed by atoms with van der Waals surface area (Å²) in [5.41, 5.74) is -4.26. The number of alkyl halides is 3. The zero-order valence-electron chi connectivity index (χ0n) is 6.26. The van der Waals surface area contributed by atoms with E-state index < -0.39 is 5.51 Å². The van der Waals surface area contributed by atoms with Crippen LogP contribution < -0.4 is 2.81 Å². The first-order valence-electron chi connectivity index (χ1n) is 3.21. The molecule has 6 heteroatoms. The van der Waals surface area contributed by atoms with Crippen LogP contribution in [0, 0.1) is 0 Å². The third-order valence-electron chi connectivity index (χ3n) is 1.18. The van der Waals surface area contributed by atoms with Crippen LogP contribution in [0.15, 0.2) is 29.2 Å². The Hall–Kier alpha value is 0.0431. The molecule has 1 rings (SSSR count). The Balaban J connectivity index is 2.87. The van der Waals surface area contributed by atoms with Crippen LogP contribution in [0.2, 0.25) is 0 Å². The van der Waals surface area contributed by atoms with Crippen molar-refractivity contribution in [2.75, 3.05) is 0 Å². The van der Waals surface area contributed by atoms with Gasteiger partial charge in [0.2, 0.25) is 0 Å². The Morgan fingerprint density at radius 3 is 2.38 bits per heavy atom. The molecular weight excluding hydrogens is 280 g/mol. The van der Waals surface area contributed by atoms with E-state index in [4.69, 9.17) is 2.81 Å². The predicted molar refractivity (Wildman–Crippen MR) is 39.0 cm³/mol. The van der Waals surface area contributed by atoms with Crippen LogP contribution in [0.4, 0.5) is 13.2 Å². The van der Waals surface area contributed by atoms with Gasteiger partial charge in [0.15, 0.2) is 0 Å². The fraction of sp³-hybridized carbons (Fsp3) is 0.143. The molecule has 0 spiro atoms. The molecule has 1 aromatic rings. The minimum atomic E-state index is -4.26. The van der Waals surface area contributed by atoms with Gasteiger partial charge in [0.1, 0.15) is 0 Å². The van der Waals surface area contributed by atoms with Crippen LogP contribution >= 0.6 is 11.8 Å². The van der Waals surface area contributed by atoms with Gasteiger partial charge in [-0.3, -0.25) is 0 Å². The average molecular weight is 284 g/mol. The molecule has 13 heavy (non-hydrogen) atoms. The maximum absolute atomic E-state index is 12.0. The van der Waals surface area contributed by atoms with Crippen molar-refractivity contribution in [2.45, 2.75) is 10.4 Å². The van der Waals surface area contributed by atoms with Crippen molar-refractivity contribution < 1.29 is 41.1 Å². The van der Waals surface area contributed by atoms with Crippen molar-refractivity contribution in [3.8, 4) is 5.75 Å². The molecule has 0 amide bonds. The summed E-state index contributed by atoms with van der Waals surface area (Å²) in [7, 11) is 0. The molecule has 0 aromatic heterocycles. The number of para-hydroxylation sites is 1. The van der Waals surface area contributed by atoms with Gasteiger partial charge in [-0.1, -0.05) is 0 Å². The third kappa shape index (κ3) is 3.73. The molecule has 0 heterocycles. The molecule has 0 radical (unpaired) electrons. The van der Waals surface area contributed by atoms with Crippen LogP contribution in [0.5, 0.6) is 5.75 Å². The van der Waals surface area contributed by atoms with Gasteiger partial charge in [0, 0.05) is 0 Å². The third-order valence-corrected chi connectivity index (χ3v) is 2.51. The van der Waals surface area contributed by atoms with Gasteiger partial charge in [0.05, 0.1) is 0 Å². The van der Waals surface area contributed by atoms with Crippen molar-refractivity contribution in [2.24, 2.45) is 0 Å². The molecule has 0 bridgehead atoms. The Kier molecular flexibility index (Phi) is 3.86. The number of rotatable bonds is 2. The van der Waals surface area contributed by atoms with Gasteiger partial charge in [-0.2, -0.15) is 0 Å². The molecule has 0 atom stereocenters. The molecule has 0 aliphatic carbocycles. The van der Waals surface area contributed by atoms with Crippen LogP contribution in [0.1, 0.15) is 0 Å². The van der Waals surface area contributed by atoms with Gasteiger partial charge in [-0.15, -0.1) is 0 Å². The van der Waals surface area contributed by atoms with E-state index in [1.54, 1.807) is 12.1 Å². The molecule has 1 nitrogen and oxygen atoms in total. The van der Waals surface area contributed by atoms with Gasteiger partial charge in [-0.25, -0.2) is 0 Å². The van der Waals surface area contributed by atoms with Crippen molar-refractivity contribution in [3.63, 3.8) is 0 Å². The van der Waals surface area contributed by atoms with Gasteiger partial charge < -0.3 is 0 Å². The van der Waals surface area contributed by atoms with E-state index in [-0.39, 0.29) is 22.4 Å². The number of hydrogen-bond donors (Lipinski definition) is 0. The fourth-order valence-electron chi connectivity index (χ4n) is 0.743. The second-order valence-corrected chi connectivity index (χ2v) is 3.71. The van der Waals surface area contributed by atoms with E-state index in [0.29, 0.717) is 0 Å². The molecular formula is C7H4F3OSZr. The van der Waals surface area contributed by atoms with Crippen LogP contribution in [0.3, 0.4) is 0 Å². The van der Waals surface area contributed by atoms with Crippen LogP contribution in [0.25, 0.3) is 0 Å². The maximum atomic E-state index is 12.0. The zero-order valence-corrected chi connectivity index (χ0v) is 9.53. The summed E-state index contributed by atoms with van der Waals surface area (Å²) in [6.07, 6.45) is 0. The first-order valence-corrected chi connectivity index (χ1v) is 5.03. The van der Waals surface area contributed by atoms with Gasteiger partial charge in [-0.05, 0) is 0 Å². The summed E-state index contributed by atoms with van der Waals surface area (Å²) in [4.78, 5) is 0.104. The summed E-state index contributed by atoms with van der Waals surface area (Å²) in [6.45, 7) is 0. The second-order valence-electron chi connectivity index (χ2n) is 2.10. The Morgan fingerprint density at radius 2 is 1.85 bits per heavy atom. The summed E-state index contributed by atoms with van der Waals surface area (Å²) in [6, 6.07) is 6.09. The van der Waals surface area contributed by atoms with Crippen molar-refractivity contribution in [3.05, 3.63) is 24.3 Å². The molecule has 0 aliphatic heterocycles. The summed E-state index contributed by atoms with van der Waals surface area (Å²) in [5.74, 6) is 0.281. The Labute approximate surface area is 93.1 Å². The SMILES string of the molecule is FC(F)(F)Sc1ccccc1[O][Zr]. The van der Waals surface area contributed by atoms with Crippen molar-refractivity contribution in [1.82, 2.24) is 0 Å². The number of benzene rings is 1. The minimum absolute atomic E-state index is 0.104. The first kappa shape index (κ1) is 11.1. The molecule has 0 saturated carbocycles. The quantitative estimate of drug-likeness (QED) is 0.772. The van der Waals surface area contributed by atoms with Crippen LogP contribution in [-0.4, -0.2) is 5.51 Å². The standard InChI is InChI=1S/C7H5F3OS.Zr/c8-7(9,10)12-6-4-2-1-3-5(6)11;/h1-4,11H;/q;+1/p-1. The molecule has 69 valence electrons. The number of thioether (sulfide) groups is 1. The zero-order chi connectivity index (χ0) is 9.90. The van der Waals surface area contributed by atoms with Crippen molar-refractivity contribution >= 4 is 11.8 Å². The molecule has 0 saturated heterocycles. The number of halogens is 3. The predicted octanol–water partition coefficient (Wildman–Crippen LogP) is 3.14. The molecule has 0 unspecified atom stereocenters. The molecule has 0 N–H and O–H groups in total. The first-order chi connectivity index (χ1) is 6.03. The van der Waals surface area contributed by atoms with Crippen molar-refractivity contribution in [1.29, 1.82) is 0 Å².